The summed E-state index contributed by atoms with van der Waals surface area (Å²) in [6.07, 6.45) is 3.19. The molecule has 1 amide bonds. The maximum atomic E-state index is 12.6. The second kappa shape index (κ2) is 7.66. The number of aromatic nitrogens is 1. The van der Waals surface area contributed by atoms with Gasteiger partial charge in [-0.25, -0.2) is 0 Å². The van der Waals surface area contributed by atoms with E-state index in [-0.39, 0.29) is 30.3 Å². The van der Waals surface area contributed by atoms with Crippen molar-refractivity contribution in [3.8, 4) is 0 Å². The topological polar surface area (TPSA) is 96.6 Å². The van der Waals surface area contributed by atoms with Crippen LogP contribution in [0, 0.1) is 10.1 Å². The first kappa shape index (κ1) is 16.9. The first-order chi connectivity index (χ1) is 11.0. The van der Waals surface area contributed by atoms with Crippen molar-refractivity contribution < 1.29 is 14.8 Å². The summed E-state index contributed by atoms with van der Waals surface area (Å²) in [6.45, 7) is -0.0470. The molecule has 7 nitrogen and oxygen atoms in total. The predicted octanol–water partition coefficient (Wildman–Crippen LogP) is 2.28. The number of amides is 1. The Kier molecular flexibility index (Phi) is 5.61. The lowest BCUT2D eigenvalue weighted by atomic mass is 10.1. The Morgan fingerprint density at radius 2 is 2.13 bits per heavy atom. The lowest BCUT2D eigenvalue weighted by molar-refractivity contribution is -0.385. The van der Waals surface area contributed by atoms with E-state index in [0.717, 1.165) is 5.56 Å². The maximum absolute atomic E-state index is 12.6. The second-order valence-electron chi connectivity index (χ2n) is 4.70. The van der Waals surface area contributed by atoms with Crippen LogP contribution in [0.15, 0.2) is 42.7 Å². The van der Waals surface area contributed by atoms with Gasteiger partial charge in [-0.05, 0) is 23.8 Å². The largest absolute Gasteiger partial charge is 0.395 e. The highest BCUT2D eigenvalue weighted by Gasteiger charge is 2.27. The molecule has 1 aromatic heterocycles. The lowest BCUT2D eigenvalue weighted by Crippen LogP contribution is -2.33. The van der Waals surface area contributed by atoms with Gasteiger partial charge < -0.3 is 10.0 Å². The molecule has 0 atom stereocenters. The van der Waals surface area contributed by atoms with Gasteiger partial charge in [0, 0.05) is 25.5 Å². The molecule has 1 N–H and O–H groups in total. The van der Waals surface area contributed by atoms with E-state index in [0.29, 0.717) is 0 Å². The third-order valence-corrected chi connectivity index (χ3v) is 3.46. The van der Waals surface area contributed by atoms with Gasteiger partial charge in [0.05, 0.1) is 11.5 Å². The summed E-state index contributed by atoms with van der Waals surface area (Å²) < 4.78 is 0. The van der Waals surface area contributed by atoms with Crippen LogP contribution in [0.2, 0.25) is 5.02 Å². The maximum Gasteiger partial charge on any atom is 0.300 e. The Morgan fingerprint density at radius 3 is 2.74 bits per heavy atom. The molecule has 0 radical (unpaired) electrons. The number of nitro groups is 1. The molecule has 0 bridgehead atoms. The minimum absolute atomic E-state index is 0.0391. The zero-order chi connectivity index (χ0) is 16.8. The van der Waals surface area contributed by atoms with Crippen molar-refractivity contribution in [3.05, 3.63) is 69.0 Å². The summed E-state index contributed by atoms with van der Waals surface area (Å²) in [6, 6.07) is 7.67. The molecule has 23 heavy (non-hydrogen) atoms. The number of halogens is 1. The van der Waals surface area contributed by atoms with Gasteiger partial charge in [0.2, 0.25) is 0 Å². The Balaban J connectivity index is 2.35. The molecule has 1 aromatic carbocycles. The van der Waals surface area contributed by atoms with Crippen LogP contribution in [0.4, 0.5) is 5.69 Å². The molecule has 0 spiro atoms. The van der Waals surface area contributed by atoms with Crippen LogP contribution in [0.25, 0.3) is 0 Å². The molecule has 120 valence electrons. The number of carbonyl (C=O) groups excluding carboxylic acids is 1. The van der Waals surface area contributed by atoms with Gasteiger partial charge in [0.25, 0.3) is 5.91 Å². The number of benzene rings is 1. The molecular weight excluding hydrogens is 322 g/mol. The van der Waals surface area contributed by atoms with Gasteiger partial charge >= 0.3 is 5.69 Å². The monoisotopic (exact) mass is 335 g/mol. The third-order valence-electron chi connectivity index (χ3n) is 3.15. The first-order valence-corrected chi connectivity index (χ1v) is 7.14. The lowest BCUT2D eigenvalue weighted by Gasteiger charge is -2.21. The van der Waals surface area contributed by atoms with E-state index in [1.54, 1.807) is 24.5 Å². The van der Waals surface area contributed by atoms with Crippen LogP contribution < -0.4 is 0 Å². The Bertz CT molecular complexity index is 709. The minimum atomic E-state index is -0.684. The molecule has 0 fully saturated rings. The number of hydrogen-bond acceptors (Lipinski definition) is 5. The van der Waals surface area contributed by atoms with Crippen molar-refractivity contribution >= 4 is 23.2 Å². The number of carbonyl (C=O) groups is 1. The Morgan fingerprint density at radius 1 is 1.35 bits per heavy atom. The number of hydrogen-bond donors (Lipinski definition) is 1. The Hall–Kier alpha value is -2.51. The van der Waals surface area contributed by atoms with Crippen LogP contribution in [0.5, 0.6) is 0 Å². The molecule has 1 heterocycles. The number of pyridine rings is 1. The number of aliphatic hydroxyl groups excluding tert-OH is 1. The quantitative estimate of drug-likeness (QED) is 0.645. The van der Waals surface area contributed by atoms with Crippen molar-refractivity contribution in [2.75, 3.05) is 13.2 Å². The van der Waals surface area contributed by atoms with Crippen molar-refractivity contribution in [2.24, 2.45) is 0 Å². The van der Waals surface area contributed by atoms with E-state index in [1.807, 2.05) is 0 Å². The third kappa shape index (κ3) is 4.02. The summed E-state index contributed by atoms with van der Waals surface area (Å²) in [4.78, 5) is 28.4. The van der Waals surface area contributed by atoms with E-state index in [4.69, 9.17) is 11.6 Å². The highest BCUT2D eigenvalue weighted by molar-refractivity contribution is 6.33. The zero-order valence-corrected chi connectivity index (χ0v) is 12.8. The second-order valence-corrected chi connectivity index (χ2v) is 5.11. The predicted molar refractivity (Wildman–Crippen MR) is 84.2 cm³/mol. The Labute approximate surface area is 137 Å². The average Bonchev–Trinajstić information content (AvgIpc) is 2.54. The smallest absolute Gasteiger partial charge is 0.300 e. The summed E-state index contributed by atoms with van der Waals surface area (Å²) in [5.41, 5.74) is 0.201. The number of aliphatic hydroxyl groups is 1. The fourth-order valence-electron chi connectivity index (χ4n) is 2.13. The summed E-state index contributed by atoms with van der Waals surface area (Å²) in [5.74, 6) is -0.572. The number of nitro benzene ring substituents is 1. The molecular formula is C15H14ClN3O4. The average molecular weight is 336 g/mol. The number of rotatable bonds is 6. The highest BCUT2D eigenvalue weighted by atomic mass is 35.5. The molecule has 0 unspecified atom stereocenters. The van der Waals surface area contributed by atoms with Gasteiger partial charge in [-0.3, -0.25) is 19.9 Å². The summed E-state index contributed by atoms with van der Waals surface area (Å²) in [5, 5.41) is 20.2. The van der Waals surface area contributed by atoms with Crippen LogP contribution in [-0.4, -0.2) is 39.0 Å². The van der Waals surface area contributed by atoms with E-state index in [2.05, 4.69) is 4.98 Å². The van der Waals surface area contributed by atoms with Crippen molar-refractivity contribution in [2.45, 2.75) is 6.54 Å². The summed E-state index contributed by atoms with van der Waals surface area (Å²) >= 11 is 5.84. The van der Waals surface area contributed by atoms with E-state index in [9.17, 15) is 20.0 Å². The summed E-state index contributed by atoms with van der Waals surface area (Å²) in [7, 11) is 0. The van der Waals surface area contributed by atoms with Crippen LogP contribution in [0.3, 0.4) is 0 Å². The molecule has 0 saturated heterocycles. The van der Waals surface area contributed by atoms with Gasteiger partial charge in [-0.1, -0.05) is 23.7 Å². The van der Waals surface area contributed by atoms with Gasteiger partial charge in [0.1, 0.15) is 10.6 Å². The zero-order valence-electron chi connectivity index (χ0n) is 12.1. The number of nitrogens with zero attached hydrogens (tertiary/aromatic N) is 3. The molecule has 2 rings (SSSR count). The molecule has 2 aromatic rings. The number of para-hydroxylation sites is 1. The van der Waals surface area contributed by atoms with Gasteiger partial charge in [-0.15, -0.1) is 0 Å². The van der Waals surface area contributed by atoms with Crippen LogP contribution in [-0.2, 0) is 6.54 Å². The minimum Gasteiger partial charge on any atom is -0.395 e. The normalized spacial score (nSPS) is 10.3. The van der Waals surface area contributed by atoms with Gasteiger partial charge in [-0.2, -0.15) is 0 Å². The standard InChI is InChI=1S/C15H14ClN3O4/c16-13-5-1-4-12(14(13)19(22)23)15(21)18(7-8-20)10-11-3-2-6-17-9-11/h1-6,9,20H,7-8,10H2. The fourth-order valence-corrected chi connectivity index (χ4v) is 2.37. The van der Waals surface area contributed by atoms with E-state index in [1.165, 1.54) is 23.1 Å². The van der Waals surface area contributed by atoms with Crippen molar-refractivity contribution in [1.29, 1.82) is 0 Å². The van der Waals surface area contributed by atoms with Gasteiger partial charge in [0.15, 0.2) is 0 Å². The van der Waals surface area contributed by atoms with Crippen molar-refractivity contribution in [1.82, 2.24) is 9.88 Å². The van der Waals surface area contributed by atoms with Crippen molar-refractivity contribution in [3.63, 3.8) is 0 Å². The first-order valence-electron chi connectivity index (χ1n) is 6.76. The van der Waals surface area contributed by atoms with E-state index >= 15 is 0 Å². The SMILES string of the molecule is O=C(c1cccc(Cl)c1[N+](=O)[O-])N(CCO)Cc1cccnc1. The molecule has 0 aliphatic rings. The van der Waals surface area contributed by atoms with Crippen LogP contribution in [0.1, 0.15) is 15.9 Å². The highest BCUT2D eigenvalue weighted by Crippen LogP contribution is 2.29. The molecule has 0 aliphatic carbocycles. The molecule has 8 heteroatoms. The van der Waals surface area contributed by atoms with E-state index < -0.39 is 16.5 Å². The molecule has 0 saturated carbocycles. The van der Waals surface area contributed by atoms with Crippen LogP contribution >= 0.6 is 11.6 Å². The fraction of sp³-hybridized carbons (Fsp3) is 0.200. The molecule has 0 aliphatic heterocycles.